The maximum atomic E-state index is 12.7. The maximum Gasteiger partial charge on any atom is 0.225 e. The molecule has 2 aliphatic heterocycles. The molecule has 1 N–H and O–H groups in total. The van der Waals surface area contributed by atoms with E-state index < -0.39 is 0 Å². The first-order valence-electron chi connectivity index (χ1n) is 9.46. The Bertz CT molecular complexity index is 586. The van der Waals surface area contributed by atoms with Crippen molar-refractivity contribution >= 4 is 11.8 Å². The second kappa shape index (κ2) is 8.48. The van der Waals surface area contributed by atoms with Gasteiger partial charge in [-0.15, -0.1) is 0 Å². The predicted molar refractivity (Wildman–Crippen MR) is 98.1 cm³/mol. The fourth-order valence-corrected chi connectivity index (χ4v) is 3.60. The highest BCUT2D eigenvalue weighted by atomic mass is 16.2. The Balaban J connectivity index is 1.47. The summed E-state index contributed by atoms with van der Waals surface area (Å²) in [5.74, 6) is 1.01. The quantitative estimate of drug-likeness (QED) is 0.882. The molecule has 2 heterocycles. The first-order chi connectivity index (χ1) is 12.1. The number of benzene rings is 1. The molecule has 0 aliphatic carbocycles. The van der Waals surface area contributed by atoms with Crippen LogP contribution in [0, 0.1) is 11.8 Å². The number of carbonyl (C=O) groups is 2. The molecule has 2 aliphatic rings. The van der Waals surface area contributed by atoms with Crippen LogP contribution in [0.1, 0.15) is 25.3 Å². The van der Waals surface area contributed by atoms with Crippen LogP contribution in [0.5, 0.6) is 0 Å². The van der Waals surface area contributed by atoms with Crippen molar-refractivity contribution < 1.29 is 9.59 Å². The standard InChI is InChI=1S/C20H29N3O2/c1-16(18-14-21-15-18)20(25)23-11-5-10-22(12-13-23)19(24)9-8-17-6-3-2-4-7-17/h2-4,6-7,16,18,21H,5,8-15H2,1H3. The zero-order valence-electron chi connectivity index (χ0n) is 15.1. The molecule has 0 spiro atoms. The number of amides is 2. The summed E-state index contributed by atoms with van der Waals surface area (Å²) in [6, 6.07) is 10.1. The molecular formula is C20H29N3O2. The van der Waals surface area contributed by atoms with E-state index in [1.807, 2.05) is 34.9 Å². The number of nitrogens with zero attached hydrogens (tertiary/aromatic N) is 2. The minimum atomic E-state index is 0.0848. The molecule has 1 atom stereocenters. The highest BCUT2D eigenvalue weighted by molar-refractivity contribution is 5.79. The van der Waals surface area contributed by atoms with E-state index in [1.165, 1.54) is 5.56 Å². The highest BCUT2D eigenvalue weighted by Gasteiger charge is 2.32. The van der Waals surface area contributed by atoms with Crippen molar-refractivity contribution in [2.24, 2.45) is 11.8 Å². The molecule has 0 radical (unpaired) electrons. The van der Waals surface area contributed by atoms with Gasteiger partial charge >= 0.3 is 0 Å². The van der Waals surface area contributed by atoms with E-state index >= 15 is 0 Å². The highest BCUT2D eigenvalue weighted by Crippen LogP contribution is 2.19. The number of carbonyl (C=O) groups excluding carboxylic acids is 2. The Hall–Kier alpha value is -1.88. The second-order valence-electron chi connectivity index (χ2n) is 7.25. The molecule has 2 saturated heterocycles. The summed E-state index contributed by atoms with van der Waals surface area (Å²) in [6.07, 6.45) is 2.20. The lowest BCUT2D eigenvalue weighted by atomic mass is 9.88. The Morgan fingerprint density at radius 3 is 2.44 bits per heavy atom. The van der Waals surface area contributed by atoms with Crippen molar-refractivity contribution in [3.05, 3.63) is 35.9 Å². The number of hydrogen-bond donors (Lipinski definition) is 1. The summed E-state index contributed by atoms with van der Waals surface area (Å²) in [6.45, 7) is 6.80. The van der Waals surface area contributed by atoms with Crippen molar-refractivity contribution in [2.45, 2.75) is 26.2 Å². The summed E-state index contributed by atoms with van der Waals surface area (Å²) >= 11 is 0. The van der Waals surface area contributed by atoms with Crippen LogP contribution < -0.4 is 5.32 Å². The molecule has 5 heteroatoms. The van der Waals surface area contributed by atoms with E-state index in [1.54, 1.807) is 0 Å². The van der Waals surface area contributed by atoms with Crippen LogP contribution in [0.2, 0.25) is 0 Å². The number of hydrogen-bond acceptors (Lipinski definition) is 3. The molecule has 1 unspecified atom stereocenters. The average molecular weight is 343 g/mol. The van der Waals surface area contributed by atoms with Gasteiger partial charge in [0.25, 0.3) is 0 Å². The van der Waals surface area contributed by atoms with Gasteiger partial charge in [0.2, 0.25) is 11.8 Å². The third kappa shape index (κ3) is 4.60. The molecular weight excluding hydrogens is 314 g/mol. The number of aryl methyl sites for hydroxylation is 1. The van der Waals surface area contributed by atoms with Gasteiger partial charge in [-0.3, -0.25) is 9.59 Å². The smallest absolute Gasteiger partial charge is 0.225 e. The van der Waals surface area contributed by atoms with E-state index in [4.69, 9.17) is 0 Å². The average Bonchev–Trinajstić information content (AvgIpc) is 2.84. The summed E-state index contributed by atoms with van der Waals surface area (Å²) in [4.78, 5) is 29.1. The van der Waals surface area contributed by atoms with E-state index in [0.29, 0.717) is 25.4 Å². The Morgan fingerprint density at radius 2 is 1.76 bits per heavy atom. The van der Waals surface area contributed by atoms with Crippen LogP contribution in [0.25, 0.3) is 0 Å². The lowest BCUT2D eigenvalue weighted by molar-refractivity contribution is -0.138. The lowest BCUT2D eigenvalue weighted by Gasteiger charge is -2.34. The summed E-state index contributed by atoms with van der Waals surface area (Å²) < 4.78 is 0. The SMILES string of the molecule is CC(C(=O)N1CCCN(C(=O)CCc2ccccc2)CC1)C1CNC1. The van der Waals surface area contributed by atoms with Crippen LogP contribution in [0.15, 0.2) is 30.3 Å². The van der Waals surface area contributed by atoms with E-state index in [-0.39, 0.29) is 17.7 Å². The fraction of sp³-hybridized carbons (Fsp3) is 0.600. The van der Waals surface area contributed by atoms with E-state index in [2.05, 4.69) is 17.4 Å². The third-order valence-electron chi connectivity index (χ3n) is 5.54. The van der Waals surface area contributed by atoms with Crippen molar-refractivity contribution in [1.29, 1.82) is 0 Å². The Kier molecular flexibility index (Phi) is 6.08. The Labute approximate surface area is 150 Å². The van der Waals surface area contributed by atoms with Gasteiger partial charge < -0.3 is 15.1 Å². The van der Waals surface area contributed by atoms with Crippen LogP contribution in [0.4, 0.5) is 0 Å². The molecule has 0 bridgehead atoms. The first-order valence-corrected chi connectivity index (χ1v) is 9.46. The van der Waals surface area contributed by atoms with Crippen LogP contribution in [0.3, 0.4) is 0 Å². The summed E-state index contributed by atoms with van der Waals surface area (Å²) in [5.41, 5.74) is 1.20. The summed E-state index contributed by atoms with van der Waals surface area (Å²) in [7, 11) is 0. The minimum absolute atomic E-state index is 0.0848. The van der Waals surface area contributed by atoms with Crippen LogP contribution >= 0.6 is 0 Å². The summed E-state index contributed by atoms with van der Waals surface area (Å²) in [5, 5.41) is 3.24. The lowest BCUT2D eigenvalue weighted by Crippen LogP contribution is -2.51. The zero-order valence-corrected chi connectivity index (χ0v) is 15.1. The van der Waals surface area contributed by atoms with Crippen molar-refractivity contribution in [2.75, 3.05) is 39.3 Å². The maximum absolute atomic E-state index is 12.7. The molecule has 136 valence electrons. The molecule has 25 heavy (non-hydrogen) atoms. The molecule has 5 nitrogen and oxygen atoms in total. The number of rotatable bonds is 5. The largest absolute Gasteiger partial charge is 0.341 e. The fourth-order valence-electron chi connectivity index (χ4n) is 3.60. The predicted octanol–water partition coefficient (Wildman–Crippen LogP) is 1.54. The first kappa shape index (κ1) is 17.9. The van der Waals surface area contributed by atoms with Crippen LogP contribution in [-0.2, 0) is 16.0 Å². The third-order valence-corrected chi connectivity index (χ3v) is 5.54. The molecule has 1 aromatic rings. The van der Waals surface area contributed by atoms with Gasteiger partial charge in [0.1, 0.15) is 0 Å². The normalized spacial score (nSPS) is 19.9. The molecule has 3 rings (SSSR count). The van der Waals surface area contributed by atoms with E-state index in [0.717, 1.165) is 39.0 Å². The van der Waals surface area contributed by atoms with Gasteiger partial charge in [0, 0.05) is 38.5 Å². The minimum Gasteiger partial charge on any atom is -0.341 e. The van der Waals surface area contributed by atoms with Crippen molar-refractivity contribution in [3.8, 4) is 0 Å². The topological polar surface area (TPSA) is 52.7 Å². The van der Waals surface area contributed by atoms with Crippen LogP contribution in [-0.4, -0.2) is 60.9 Å². The number of nitrogens with one attached hydrogen (secondary N) is 1. The van der Waals surface area contributed by atoms with Gasteiger partial charge in [-0.05, 0) is 37.4 Å². The van der Waals surface area contributed by atoms with Gasteiger partial charge in [-0.2, -0.15) is 0 Å². The van der Waals surface area contributed by atoms with E-state index in [9.17, 15) is 9.59 Å². The van der Waals surface area contributed by atoms with Gasteiger partial charge in [0.05, 0.1) is 0 Å². The van der Waals surface area contributed by atoms with Crippen molar-refractivity contribution in [3.63, 3.8) is 0 Å². The zero-order chi connectivity index (χ0) is 17.6. The molecule has 1 aromatic carbocycles. The Morgan fingerprint density at radius 1 is 1.08 bits per heavy atom. The van der Waals surface area contributed by atoms with Gasteiger partial charge in [-0.25, -0.2) is 0 Å². The monoisotopic (exact) mass is 343 g/mol. The molecule has 0 aromatic heterocycles. The van der Waals surface area contributed by atoms with Gasteiger partial charge in [0.15, 0.2) is 0 Å². The van der Waals surface area contributed by atoms with Gasteiger partial charge in [-0.1, -0.05) is 37.3 Å². The van der Waals surface area contributed by atoms with Crippen molar-refractivity contribution in [1.82, 2.24) is 15.1 Å². The molecule has 2 amide bonds. The molecule has 0 saturated carbocycles. The molecule has 2 fully saturated rings. The second-order valence-corrected chi connectivity index (χ2v) is 7.25.